The highest BCUT2D eigenvalue weighted by Crippen LogP contribution is 2.26. The van der Waals surface area contributed by atoms with Crippen molar-refractivity contribution >= 4 is 5.91 Å². The molecular formula is C17H20N4O2. The van der Waals surface area contributed by atoms with E-state index in [9.17, 15) is 4.79 Å². The molecule has 1 aliphatic heterocycles. The van der Waals surface area contributed by atoms with Crippen molar-refractivity contribution in [3.8, 4) is 5.88 Å². The zero-order chi connectivity index (χ0) is 16.2. The fourth-order valence-electron chi connectivity index (χ4n) is 2.91. The van der Waals surface area contributed by atoms with Gasteiger partial charge in [0.05, 0.1) is 12.7 Å². The lowest BCUT2D eigenvalue weighted by molar-refractivity contribution is 0.0705. The number of hydrogen-bond donors (Lipinski definition) is 0. The molecule has 1 amide bonds. The van der Waals surface area contributed by atoms with Crippen LogP contribution in [0.25, 0.3) is 0 Å². The summed E-state index contributed by atoms with van der Waals surface area (Å²) in [6.07, 6.45) is 5.37. The van der Waals surface area contributed by atoms with Crippen molar-refractivity contribution in [3.05, 3.63) is 47.7 Å². The van der Waals surface area contributed by atoms with E-state index in [0.29, 0.717) is 18.0 Å². The summed E-state index contributed by atoms with van der Waals surface area (Å²) in [7, 11) is 1.56. The third-order valence-electron chi connectivity index (χ3n) is 4.12. The fourth-order valence-corrected chi connectivity index (χ4v) is 2.91. The lowest BCUT2D eigenvalue weighted by atomic mass is 9.94. The molecule has 1 fully saturated rings. The van der Waals surface area contributed by atoms with Crippen LogP contribution in [0.3, 0.4) is 0 Å². The van der Waals surface area contributed by atoms with Gasteiger partial charge in [0.15, 0.2) is 0 Å². The summed E-state index contributed by atoms with van der Waals surface area (Å²) in [5.41, 5.74) is 1.60. The predicted molar refractivity (Wildman–Crippen MR) is 85.4 cm³/mol. The van der Waals surface area contributed by atoms with Crippen LogP contribution in [-0.2, 0) is 0 Å². The number of rotatable bonds is 3. The Hall–Kier alpha value is -2.50. The minimum Gasteiger partial charge on any atom is -0.481 e. The van der Waals surface area contributed by atoms with E-state index >= 15 is 0 Å². The Morgan fingerprint density at radius 1 is 1.30 bits per heavy atom. The van der Waals surface area contributed by atoms with Gasteiger partial charge < -0.3 is 9.64 Å². The highest BCUT2D eigenvalue weighted by atomic mass is 16.5. The summed E-state index contributed by atoms with van der Waals surface area (Å²) in [6, 6.07) is 5.41. The molecule has 2 aromatic heterocycles. The van der Waals surface area contributed by atoms with Crippen molar-refractivity contribution in [3.63, 3.8) is 0 Å². The Morgan fingerprint density at radius 2 is 2.17 bits per heavy atom. The molecule has 2 aromatic rings. The standard InChI is InChI=1S/C17H20N4O2/c1-12-18-8-7-15(20-12)14-4-3-9-21(11-14)17(22)13-5-6-16(23-2)19-10-13/h5-8,10,14H,3-4,9,11H2,1-2H3. The van der Waals surface area contributed by atoms with Crippen molar-refractivity contribution in [2.75, 3.05) is 20.2 Å². The second-order valence-corrected chi connectivity index (χ2v) is 5.71. The summed E-state index contributed by atoms with van der Waals surface area (Å²) in [6.45, 7) is 3.34. The average molecular weight is 312 g/mol. The molecule has 3 heterocycles. The number of amides is 1. The second kappa shape index (κ2) is 6.73. The highest BCUT2D eigenvalue weighted by molar-refractivity contribution is 5.94. The van der Waals surface area contributed by atoms with Crippen molar-refractivity contribution < 1.29 is 9.53 Å². The van der Waals surface area contributed by atoms with Gasteiger partial charge in [-0.2, -0.15) is 0 Å². The molecule has 1 atom stereocenters. The molecule has 0 bridgehead atoms. The number of pyridine rings is 1. The highest BCUT2D eigenvalue weighted by Gasteiger charge is 2.26. The molecule has 1 saturated heterocycles. The molecule has 6 nitrogen and oxygen atoms in total. The molecule has 6 heteroatoms. The normalized spacial score (nSPS) is 17.8. The molecule has 0 aromatic carbocycles. The number of carbonyl (C=O) groups excluding carboxylic acids is 1. The molecule has 120 valence electrons. The Bertz CT molecular complexity index is 687. The first kappa shape index (κ1) is 15.4. The van der Waals surface area contributed by atoms with E-state index in [0.717, 1.165) is 30.9 Å². The Kier molecular flexibility index (Phi) is 4.50. The average Bonchev–Trinajstić information content (AvgIpc) is 2.61. The van der Waals surface area contributed by atoms with Crippen molar-refractivity contribution in [1.29, 1.82) is 0 Å². The van der Waals surface area contributed by atoms with Crippen LogP contribution in [0.2, 0.25) is 0 Å². The Balaban J connectivity index is 1.73. The smallest absolute Gasteiger partial charge is 0.255 e. The number of ether oxygens (including phenoxy) is 1. The topological polar surface area (TPSA) is 68.2 Å². The number of aromatic nitrogens is 3. The van der Waals surface area contributed by atoms with Gasteiger partial charge in [-0.3, -0.25) is 4.79 Å². The van der Waals surface area contributed by atoms with Gasteiger partial charge in [-0.05, 0) is 31.9 Å². The van der Waals surface area contributed by atoms with Gasteiger partial charge in [0.25, 0.3) is 5.91 Å². The van der Waals surface area contributed by atoms with Gasteiger partial charge in [-0.25, -0.2) is 15.0 Å². The van der Waals surface area contributed by atoms with Crippen LogP contribution in [0.1, 0.15) is 40.6 Å². The molecular weight excluding hydrogens is 292 g/mol. The lowest BCUT2D eigenvalue weighted by Crippen LogP contribution is -2.39. The van der Waals surface area contributed by atoms with Crippen LogP contribution in [0, 0.1) is 6.92 Å². The van der Waals surface area contributed by atoms with Gasteiger partial charge >= 0.3 is 0 Å². The third-order valence-corrected chi connectivity index (χ3v) is 4.12. The molecule has 23 heavy (non-hydrogen) atoms. The summed E-state index contributed by atoms with van der Waals surface area (Å²) < 4.78 is 5.03. The van der Waals surface area contributed by atoms with Crippen molar-refractivity contribution in [2.24, 2.45) is 0 Å². The van der Waals surface area contributed by atoms with Gasteiger partial charge in [0, 0.05) is 43.2 Å². The zero-order valence-electron chi connectivity index (χ0n) is 13.4. The molecule has 3 rings (SSSR count). The number of hydrogen-bond acceptors (Lipinski definition) is 5. The monoisotopic (exact) mass is 312 g/mol. The van der Waals surface area contributed by atoms with E-state index in [1.807, 2.05) is 17.9 Å². The first-order valence-corrected chi connectivity index (χ1v) is 7.76. The number of aryl methyl sites for hydroxylation is 1. The Labute approximate surface area is 135 Å². The summed E-state index contributed by atoms with van der Waals surface area (Å²) >= 11 is 0. The van der Waals surface area contributed by atoms with Gasteiger partial charge in [-0.1, -0.05) is 0 Å². The summed E-state index contributed by atoms with van der Waals surface area (Å²) in [4.78, 5) is 27.3. The minimum absolute atomic E-state index is 0.00984. The number of piperidine rings is 1. The Morgan fingerprint density at radius 3 is 2.87 bits per heavy atom. The van der Waals surface area contributed by atoms with Crippen LogP contribution < -0.4 is 4.74 Å². The zero-order valence-corrected chi connectivity index (χ0v) is 13.4. The number of methoxy groups -OCH3 is 1. The van der Waals surface area contributed by atoms with Crippen LogP contribution in [0.15, 0.2) is 30.6 Å². The molecule has 0 radical (unpaired) electrons. The van der Waals surface area contributed by atoms with E-state index in [1.165, 1.54) is 0 Å². The maximum Gasteiger partial charge on any atom is 0.255 e. The van der Waals surface area contributed by atoms with Crippen LogP contribution in [-0.4, -0.2) is 46.0 Å². The number of nitrogens with zero attached hydrogens (tertiary/aromatic N) is 4. The summed E-state index contributed by atoms with van der Waals surface area (Å²) in [5.74, 6) is 1.55. The molecule has 0 aliphatic carbocycles. The third kappa shape index (κ3) is 3.47. The predicted octanol–water partition coefficient (Wildman–Crippen LogP) is 2.21. The summed E-state index contributed by atoms with van der Waals surface area (Å²) in [5, 5.41) is 0. The first-order valence-electron chi connectivity index (χ1n) is 7.76. The van der Waals surface area contributed by atoms with E-state index < -0.39 is 0 Å². The first-order chi connectivity index (χ1) is 11.2. The molecule has 0 spiro atoms. The number of likely N-dealkylation sites (tertiary alicyclic amines) is 1. The fraction of sp³-hybridized carbons (Fsp3) is 0.412. The molecule has 0 saturated carbocycles. The molecule has 1 unspecified atom stereocenters. The second-order valence-electron chi connectivity index (χ2n) is 5.71. The lowest BCUT2D eigenvalue weighted by Gasteiger charge is -2.32. The molecule has 0 N–H and O–H groups in total. The van der Waals surface area contributed by atoms with E-state index in [-0.39, 0.29) is 11.8 Å². The van der Waals surface area contributed by atoms with Crippen LogP contribution in [0.5, 0.6) is 5.88 Å². The number of carbonyl (C=O) groups is 1. The van der Waals surface area contributed by atoms with Gasteiger partial charge in [-0.15, -0.1) is 0 Å². The van der Waals surface area contributed by atoms with Crippen molar-refractivity contribution in [2.45, 2.75) is 25.7 Å². The van der Waals surface area contributed by atoms with Crippen molar-refractivity contribution in [1.82, 2.24) is 19.9 Å². The van der Waals surface area contributed by atoms with Crippen LogP contribution in [0.4, 0.5) is 0 Å². The quantitative estimate of drug-likeness (QED) is 0.869. The van der Waals surface area contributed by atoms with E-state index in [2.05, 4.69) is 15.0 Å². The molecule has 1 aliphatic rings. The van der Waals surface area contributed by atoms with E-state index in [1.54, 1.807) is 31.6 Å². The van der Waals surface area contributed by atoms with Crippen LogP contribution >= 0.6 is 0 Å². The SMILES string of the molecule is COc1ccc(C(=O)N2CCCC(c3ccnc(C)n3)C2)cn1. The van der Waals surface area contributed by atoms with Gasteiger partial charge in [0.2, 0.25) is 5.88 Å². The van der Waals surface area contributed by atoms with Gasteiger partial charge in [0.1, 0.15) is 5.82 Å². The largest absolute Gasteiger partial charge is 0.481 e. The van der Waals surface area contributed by atoms with E-state index in [4.69, 9.17) is 4.74 Å². The minimum atomic E-state index is 0.00984. The maximum absolute atomic E-state index is 12.7. The maximum atomic E-state index is 12.7.